The average molecular weight is 287 g/mol. The second-order valence-corrected chi connectivity index (χ2v) is 5.09. The molecule has 0 aliphatic rings. The second-order valence-electron chi connectivity index (χ2n) is 5.09. The highest BCUT2D eigenvalue weighted by molar-refractivity contribution is 6.04. The van der Waals surface area contributed by atoms with Crippen LogP contribution in [0.4, 0.5) is 15.8 Å². The first-order valence-corrected chi connectivity index (χ1v) is 6.56. The van der Waals surface area contributed by atoms with Crippen molar-refractivity contribution >= 4 is 17.3 Å². The van der Waals surface area contributed by atoms with Crippen LogP contribution in [0.15, 0.2) is 42.5 Å². The Labute approximate surface area is 123 Å². The molecule has 0 unspecified atom stereocenters. The van der Waals surface area contributed by atoms with Crippen LogP contribution >= 0.6 is 0 Å². The molecule has 0 fully saturated rings. The van der Waals surface area contributed by atoms with Crippen molar-refractivity contribution in [3.8, 4) is 0 Å². The first kappa shape index (κ1) is 15.0. The van der Waals surface area contributed by atoms with Crippen LogP contribution in [0.5, 0.6) is 0 Å². The summed E-state index contributed by atoms with van der Waals surface area (Å²) >= 11 is 0. The van der Waals surface area contributed by atoms with E-state index >= 15 is 0 Å². The van der Waals surface area contributed by atoms with Crippen molar-refractivity contribution in [3.63, 3.8) is 0 Å². The van der Waals surface area contributed by atoms with Crippen molar-refractivity contribution in [2.45, 2.75) is 6.54 Å². The first-order valence-electron chi connectivity index (χ1n) is 6.56. The van der Waals surface area contributed by atoms with Crippen molar-refractivity contribution in [1.29, 1.82) is 0 Å². The summed E-state index contributed by atoms with van der Waals surface area (Å²) in [5, 5.41) is 2.81. The Bertz CT molecular complexity index is 656. The van der Waals surface area contributed by atoms with Gasteiger partial charge in [-0.05, 0) is 43.9 Å². The average Bonchev–Trinajstić information content (AvgIpc) is 2.43. The Morgan fingerprint density at radius 2 is 1.95 bits per heavy atom. The summed E-state index contributed by atoms with van der Waals surface area (Å²) in [5.41, 5.74) is 7.38. The number of nitrogens with two attached hydrogens (primary N) is 1. The molecule has 2 aromatic rings. The lowest BCUT2D eigenvalue weighted by Gasteiger charge is -2.15. The van der Waals surface area contributed by atoms with Crippen LogP contribution in [-0.2, 0) is 6.54 Å². The third-order valence-electron chi connectivity index (χ3n) is 3.01. The van der Waals surface area contributed by atoms with E-state index in [4.69, 9.17) is 5.73 Å². The number of hydrogen-bond acceptors (Lipinski definition) is 3. The second kappa shape index (κ2) is 6.37. The maximum Gasteiger partial charge on any atom is 0.255 e. The van der Waals surface area contributed by atoms with E-state index in [1.54, 1.807) is 0 Å². The lowest BCUT2D eigenvalue weighted by atomic mass is 10.1. The molecule has 1 amide bonds. The molecule has 110 valence electrons. The molecule has 4 nitrogen and oxygen atoms in total. The maximum atomic E-state index is 13.4. The van der Waals surface area contributed by atoms with Crippen LogP contribution in [-0.4, -0.2) is 24.9 Å². The van der Waals surface area contributed by atoms with Crippen LogP contribution in [0.3, 0.4) is 0 Å². The summed E-state index contributed by atoms with van der Waals surface area (Å²) in [6.07, 6.45) is 0. The molecule has 21 heavy (non-hydrogen) atoms. The molecule has 0 aliphatic carbocycles. The van der Waals surface area contributed by atoms with E-state index in [1.165, 1.54) is 12.1 Å². The largest absolute Gasteiger partial charge is 0.396 e. The highest BCUT2D eigenvalue weighted by atomic mass is 19.1. The summed E-state index contributed by atoms with van der Waals surface area (Å²) in [4.78, 5) is 14.2. The number of halogens is 1. The summed E-state index contributed by atoms with van der Waals surface area (Å²) in [6, 6.07) is 11.6. The SMILES string of the molecule is CN(C)Cc1ccccc1NC(=O)c1ccc(N)c(F)c1. The molecule has 5 heteroatoms. The summed E-state index contributed by atoms with van der Waals surface area (Å²) in [7, 11) is 3.90. The topological polar surface area (TPSA) is 58.4 Å². The van der Waals surface area contributed by atoms with Crippen molar-refractivity contribution in [1.82, 2.24) is 4.90 Å². The van der Waals surface area contributed by atoms with Gasteiger partial charge in [-0.15, -0.1) is 0 Å². The third-order valence-corrected chi connectivity index (χ3v) is 3.01. The summed E-state index contributed by atoms with van der Waals surface area (Å²) in [6.45, 7) is 0.701. The number of nitrogens with one attached hydrogen (secondary N) is 1. The van der Waals surface area contributed by atoms with Crippen LogP contribution in [0.25, 0.3) is 0 Å². The predicted octanol–water partition coefficient (Wildman–Crippen LogP) is 2.72. The number of carbonyl (C=O) groups excluding carboxylic acids is 1. The number of carbonyl (C=O) groups is 1. The van der Waals surface area contributed by atoms with Gasteiger partial charge in [-0.3, -0.25) is 4.79 Å². The Morgan fingerprint density at radius 1 is 1.24 bits per heavy atom. The number of nitrogens with zero attached hydrogens (tertiary/aromatic N) is 1. The Balaban J connectivity index is 2.21. The minimum absolute atomic E-state index is 0.0274. The van der Waals surface area contributed by atoms with Crippen LogP contribution in [0.2, 0.25) is 0 Å². The highest BCUT2D eigenvalue weighted by Gasteiger charge is 2.11. The molecule has 0 heterocycles. The molecule has 0 bridgehead atoms. The van der Waals surface area contributed by atoms with Gasteiger partial charge in [0.15, 0.2) is 0 Å². The molecule has 0 saturated heterocycles. The Hall–Kier alpha value is -2.40. The van der Waals surface area contributed by atoms with Crippen molar-refractivity contribution < 1.29 is 9.18 Å². The molecule has 0 aromatic heterocycles. The lowest BCUT2D eigenvalue weighted by Crippen LogP contribution is -2.16. The van der Waals surface area contributed by atoms with Gasteiger partial charge in [-0.2, -0.15) is 0 Å². The molecule has 0 spiro atoms. The standard InChI is InChI=1S/C16H18FN3O/c1-20(2)10-12-5-3-4-6-15(12)19-16(21)11-7-8-14(18)13(17)9-11/h3-9H,10,18H2,1-2H3,(H,19,21). The van der Waals surface area contributed by atoms with Gasteiger partial charge in [0.2, 0.25) is 0 Å². The fraction of sp³-hybridized carbons (Fsp3) is 0.188. The first-order chi connectivity index (χ1) is 9.97. The van der Waals surface area contributed by atoms with E-state index in [1.807, 2.05) is 43.3 Å². The fourth-order valence-electron chi connectivity index (χ4n) is 1.98. The molecule has 2 rings (SSSR count). The van der Waals surface area contributed by atoms with Crippen LogP contribution in [0.1, 0.15) is 15.9 Å². The number of nitrogen functional groups attached to an aromatic ring is 1. The predicted molar refractivity (Wildman–Crippen MR) is 82.6 cm³/mol. The molecule has 3 N–H and O–H groups in total. The van der Waals surface area contributed by atoms with Gasteiger partial charge in [-0.1, -0.05) is 18.2 Å². The van der Waals surface area contributed by atoms with Gasteiger partial charge in [0.25, 0.3) is 5.91 Å². The normalized spacial score (nSPS) is 10.7. The van der Waals surface area contributed by atoms with Gasteiger partial charge in [0.05, 0.1) is 5.69 Å². The number of hydrogen-bond donors (Lipinski definition) is 2. The van der Waals surface area contributed by atoms with E-state index in [2.05, 4.69) is 5.32 Å². The van der Waals surface area contributed by atoms with Gasteiger partial charge < -0.3 is 16.0 Å². The minimum Gasteiger partial charge on any atom is -0.396 e. The van der Waals surface area contributed by atoms with E-state index in [0.717, 1.165) is 11.6 Å². The number of anilines is 2. The van der Waals surface area contributed by atoms with E-state index in [9.17, 15) is 9.18 Å². The van der Waals surface area contributed by atoms with Gasteiger partial charge >= 0.3 is 0 Å². The number of para-hydroxylation sites is 1. The number of rotatable bonds is 4. The van der Waals surface area contributed by atoms with Crippen LogP contribution < -0.4 is 11.1 Å². The maximum absolute atomic E-state index is 13.4. The molecule has 0 atom stereocenters. The Kier molecular flexibility index (Phi) is 4.55. The molecule has 2 aromatic carbocycles. The van der Waals surface area contributed by atoms with Crippen molar-refractivity contribution in [2.24, 2.45) is 0 Å². The van der Waals surface area contributed by atoms with Gasteiger partial charge in [0, 0.05) is 17.8 Å². The summed E-state index contributed by atoms with van der Waals surface area (Å²) < 4.78 is 13.4. The zero-order chi connectivity index (χ0) is 15.4. The zero-order valence-electron chi connectivity index (χ0n) is 12.1. The fourth-order valence-corrected chi connectivity index (χ4v) is 1.98. The highest BCUT2D eigenvalue weighted by Crippen LogP contribution is 2.18. The number of amides is 1. The van der Waals surface area contributed by atoms with Crippen molar-refractivity contribution in [3.05, 3.63) is 59.4 Å². The minimum atomic E-state index is -0.593. The van der Waals surface area contributed by atoms with E-state index < -0.39 is 5.82 Å². The smallest absolute Gasteiger partial charge is 0.255 e. The van der Waals surface area contributed by atoms with E-state index in [-0.39, 0.29) is 17.2 Å². The monoisotopic (exact) mass is 287 g/mol. The quantitative estimate of drug-likeness (QED) is 0.850. The Morgan fingerprint density at radius 3 is 2.62 bits per heavy atom. The summed E-state index contributed by atoms with van der Waals surface area (Å²) in [5.74, 6) is -0.954. The molecule has 0 radical (unpaired) electrons. The molecule has 0 aliphatic heterocycles. The zero-order valence-corrected chi connectivity index (χ0v) is 12.1. The van der Waals surface area contributed by atoms with E-state index in [0.29, 0.717) is 12.2 Å². The molecule has 0 saturated carbocycles. The molecular formula is C16H18FN3O. The molecular weight excluding hydrogens is 269 g/mol. The lowest BCUT2D eigenvalue weighted by molar-refractivity contribution is 0.102. The third kappa shape index (κ3) is 3.79. The van der Waals surface area contributed by atoms with Gasteiger partial charge in [0.1, 0.15) is 5.82 Å². The van der Waals surface area contributed by atoms with Crippen molar-refractivity contribution in [2.75, 3.05) is 25.1 Å². The number of benzene rings is 2. The van der Waals surface area contributed by atoms with Gasteiger partial charge in [-0.25, -0.2) is 4.39 Å². The van der Waals surface area contributed by atoms with Crippen LogP contribution in [0, 0.1) is 5.82 Å².